The predicted octanol–water partition coefficient (Wildman–Crippen LogP) is 4.52. The minimum absolute atomic E-state index is 0.308. The van der Waals surface area contributed by atoms with Gasteiger partial charge in [0.15, 0.2) is 0 Å². The number of methoxy groups -OCH3 is 1. The molecule has 0 saturated carbocycles. The summed E-state index contributed by atoms with van der Waals surface area (Å²) in [5, 5.41) is 10.8. The second-order valence-electron chi connectivity index (χ2n) is 5.67. The van der Waals surface area contributed by atoms with Crippen LogP contribution in [0.1, 0.15) is 38.3 Å². The van der Waals surface area contributed by atoms with E-state index in [0.717, 1.165) is 24.8 Å². The van der Waals surface area contributed by atoms with E-state index in [0.29, 0.717) is 17.6 Å². The van der Waals surface area contributed by atoms with Gasteiger partial charge in [-0.05, 0) is 49.6 Å². The van der Waals surface area contributed by atoms with Gasteiger partial charge in [0.05, 0.1) is 12.7 Å². The van der Waals surface area contributed by atoms with Gasteiger partial charge in [-0.25, -0.2) is 4.79 Å². The zero-order valence-electron chi connectivity index (χ0n) is 14.6. The molecule has 1 rings (SSSR count). The van der Waals surface area contributed by atoms with Crippen molar-refractivity contribution in [2.75, 3.05) is 7.11 Å². The summed E-state index contributed by atoms with van der Waals surface area (Å²) < 4.78 is 42.4. The van der Waals surface area contributed by atoms with Gasteiger partial charge in [0.25, 0.3) is 0 Å². The lowest BCUT2D eigenvalue weighted by Crippen LogP contribution is -2.39. The highest BCUT2D eigenvalue weighted by atomic mass is 19.4. The highest BCUT2D eigenvalue weighted by molar-refractivity contribution is 5.87. The lowest BCUT2D eigenvalue weighted by Gasteiger charge is -2.23. The normalized spacial score (nSPS) is 13.9. The summed E-state index contributed by atoms with van der Waals surface area (Å²) in [6, 6.07) is 4.38. The number of benzene rings is 1. The second kappa shape index (κ2) is 8.19. The van der Waals surface area contributed by atoms with Gasteiger partial charge in [0, 0.05) is 5.57 Å². The average molecular weight is 354 g/mol. The fourth-order valence-electron chi connectivity index (χ4n) is 2.20. The van der Waals surface area contributed by atoms with Crippen molar-refractivity contribution >= 4 is 12.0 Å². The maximum Gasteiger partial charge on any atom is 0.416 e. The largest absolute Gasteiger partial charge is 0.466 e. The molecule has 1 aromatic carbocycles. The molecule has 0 unspecified atom stereocenters. The van der Waals surface area contributed by atoms with E-state index in [2.05, 4.69) is 10.5 Å². The van der Waals surface area contributed by atoms with E-state index in [1.165, 1.54) is 24.3 Å². The van der Waals surface area contributed by atoms with Crippen LogP contribution in [-0.2, 0) is 15.7 Å². The Hall–Kier alpha value is -2.30. The second-order valence-corrected chi connectivity index (χ2v) is 5.67. The molecule has 0 aliphatic carbocycles. The fourth-order valence-corrected chi connectivity index (χ4v) is 2.20. The maximum absolute atomic E-state index is 12.6. The van der Waals surface area contributed by atoms with Gasteiger partial charge in [-0.3, -0.25) is 0 Å². The number of aliphatic hydroxyl groups is 1. The summed E-state index contributed by atoms with van der Waals surface area (Å²) in [5.74, 6) is -0.888. The van der Waals surface area contributed by atoms with Crippen molar-refractivity contribution in [3.63, 3.8) is 0 Å². The van der Waals surface area contributed by atoms with Gasteiger partial charge in [-0.15, -0.1) is 5.73 Å². The van der Waals surface area contributed by atoms with Crippen LogP contribution in [0.5, 0.6) is 0 Å². The summed E-state index contributed by atoms with van der Waals surface area (Å²) in [4.78, 5) is 12.1. The van der Waals surface area contributed by atoms with Gasteiger partial charge in [0.2, 0.25) is 5.60 Å². The van der Waals surface area contributed by atoms with Crippen molar-refractivity contribution in [2.24, 2.45) is 0 Å². The van der Waals surface area contributed by atoms with E-state index in [9.17, 15) is 23.1 Å². The predicted molar refractivity (Wildman–Crippen MR) is 89.6 cm³/mol. The molecule has 0 aromatic heterocycles. The average Bonchev–Trinajstić information content (AvgIpc) is 2.56. The number of ether oxygens (including phenoxy) is 1. The van der Waals surface area contributed by atoms with Crippen LogP contribution in [0.25, 0.3) is 6.08 Å². The zero-order chi connectivity index (χ0) is 19.3. The first-order valence-electron chi connectivity index (χ1n) is 7.65. The lowest BCUT2D eigenvalue weighted by molar-refractivity contribution is -0.154. The SMILES string of the molecule is CCC(=C=C(C)C)[C@](O)(/C=C/c1ccc(C(F)(F)F)cc1)C(=O)OC. The smallest absolute Gasteiger partial charge is 0.416 e. The Bertz CT molecular complexity index is 704. The molecule has 1 N–H and O–H groups in total. The monoisotopic (exact) mass is 354 g/mol. The summed E-state index contributed by atoms with van der Waals surface area (Å²) in [5.41, 5.74) is 1.60. The first-order chi connectivity index (χ1) is 11.5. The molecule has 0 aliphatic heterocycles. The first-order valence-corrected chi connectivity index (χ1v) is 7.65. The third-order valence-corrected chi connectivity index (χ3v) is 3.47. The van der Waals surface area contributed by atoms with Gasteiger partial charge in [-0.1, -0.05) is 25.1 Å². The molecule has 0 aliphatic rings. The summed E-state index contributed by atoms with van der Waals surface area (Å²) in [6.07, 6.45) is -1.50. The van der Waals surface area contributed by atoms with Crippen molar-refractivity contribution < 1.29 is 27.8 Å². The van der Waals surface area contributed by atoms with Gasteiger partial charge in [0.1, 0.15) is 0 Å². The van der Waals surface area contributed by atoms with Crippen LogP contribution >= 0.6 is 0 Å². The van der Waals surface area contributed by atoms with E-state index in [1.807, 2.05) is 0 Å². The van der Waals surface area contributed by atoms with E-state index in [4.69, 9.17) is 0 Å². The Balaban J connectivity index is 3.29. The van der Waals surface area contributed by atoms with Crippen LogP contribution in [-0.4, -0.2) is 23.8 Å². The van der Waals surface area contributed by atoms with Crippen LogP contribution in [0, 0.1) is 0 Å². The Kier molecular flexibility index (Phi) is 6.79. The molecule has 0 spiro atoms. The molecule has 0 bridgehead atoms. The number of hydrogen-bond donors (Lipinski definition) is 1. The fraction of sp³-hybridized carbons (Fsp3) is 0.368. The van der Waals surface area contributed by atoms with Crippen molar-refractivity contribution in [2.45, 2.75) is 39.0 Å². The number of carbonyl (C=O) groups is 1. The highest BCUT2D eigenvalue weighted by Crippen LogP contribution is 2.30. The molecular weight excluding hydrogens is 333 g/mol. The van der Waals surface area contributed by atoms with Crippen molar-refractivity contribution in [1.82, 2.24) is 0 Å². The minimum atomic E-state index is -4.42. The van der Waals surface area contributed by atoms with Crippen LogP contribution in [0.2, 0.25) is 0 Å². The Morgan fingerprint density at radius 2 is 1.80 bits per heavy atom. The number of esters is 1. The molecule has 0 fully saturated rings. The number of alkyl halides is 3. The molecule has 1 aromatic rings. The van der Waals surface area contributed by atoms with Gasteiger partial charge in [-0.2, -0.15) is 13.2 Å². The number of carbonyl (C=O) groups excluding carboxylic acids is 1. The molecule has 3 nitrogen and oxygen atoms in total. The Morgan fingerprint density at radius 3 is 2.20 bits per heavy atom. The molecule has 0 amide bonds. The molecule has 0 radical (unpaired) electrons. The van der Waals surface area contributed by atoms with Crippen molar-refractivity contribution in [3.8, 4) is 0 Å². The quantitative estimate of drug-likeness (QED) is 0.624. The minimum Gasteiger partial charge on any atom is -0.466 e. The number of rotatable bonds is 5. The highest BCUT2D eigenvalue weighted by Gasteiger charge is 2.38. The van der Waals surface area contributed by atoms with Crippen molar-refractivity contribution in [1.29, 1.82) is 0 Å². The Labute approximate surface area is 145 Å². The zero-order valence-corrected chi connectivity index (χ0v) is 14.6. The third kappa shape index (κ3) is 5.34. The molecule has 1 atom stereocenters. The summed E-state index contributed by atoms with van der Waals surface area (Å²) in [6.45, 7) is 5.30. The van der Waals surface area contributed by atoms with Gasteiger partial charge < -0.3 is 9.84 Å². The van der Waals surface area contributed by atoms with E-state index in [-0.39, 0.29) is 0 Å². The van der Waals surface area contributed by atoms with Crippen LogP contribution in [0.15, 0.2) is 47.2 Å². The molecule has 136 valence electrons. The number of halogens is 3. The summed E-state index contributed by atoms with van der Waals surface area (Å²) in [7, 11) is 1.15. The lowest BCUT2D eigenvalue weighted by atomic mass is 9.90. The molecular formula is C19H21F3O3. The van der Waals surface area contributed by atoms with E-state index < -0.39 is 23.3 Å². The molecule has 6 heteroatoms. The number of hydrogen-bond acceptors (Lipinski definition) is 3. The van der Waals surface area contributed by atoms with E-state index in [1.54, 1.807) is 20.8 Å². The molecule has 25 heavy (non-hydrogen) atoms. The maximum atomic E-state index is 12.6. The summed E-state index contributed by atoms with van der Waals surface area (Å²) >= 11 is 0. The Morgan fingerprint density at radius 1 is 1.24 bits per heavy atom. The standard InChI is InChI=1S/C19H21F3O3/c1-5-15(12-13(2)3)18(24,17(23)25-4)11-10-14-6-8-16(9-7-14)19(20,21)22/h6-11,24H,5H2,1-4H3/b11-10+/t18-/m1/s1. The van der Waals surface area contributed by atoms with Crippen molar-refractivity contribution in [3.05, 3.63) is 58.3 Å². The molecule has 0 heterocycles. The van der Waals surface area contributed by atoms with Crippen LogP contribution in [0.3, 0.4) is 0 Å². The third-order valence-electron chi connectivity index (χ3n) is 3.47. The first kappa shape index (κ1) is 20.7. The van der Waals surface area contributed by atoms with E-state index >= 15 is 0 Å². The van der Waals surface area contributed by atoms with Crippen LogP contribution < -0.4 is 0 Å². The van der Waals surface area contributed by atoms with Crippen LogP contribution in [0.4, 0.5) is 13.2 Å². The molecule has 0 saturated heterocycles. The van der Waals surface area contributed by atoms with Gasteiger partial charge >= 0.3 is 12.1 Å². The topological polar surface area (TPSA) is 46.5 Å².